The lowest BCUT2D eigenvalue weighted by atomic mass is 10.1. The van der Waals surface area contributed by atoms with E-state index in [1.165, 1.54) is 18.4 Å². The molecule has 0 aliphatic carbocycles. The smallest absolute Gasteiger partial charge is 0.307 e. The van der Waals surface area contributed by atoms with Crippen LogP contribution in [0.1, 0.15) is 12.0 Å². The molecular weight excluding hydrogens is 216 g/mol. The molecular formula is C13H18N2O2. The number of carbonyl (C=O) groups excluding carboxylic acids is 1. The van der Waals surface area contributed by atoms with Gasteiger partial charge in [-0.25, -0.2) is 0 Å². The van der Waals surface area contributed by atoms with Crippen molar-refractivity contribution in [2.45, 2.75) is 12.8 Å². The number of anilines is 2. The Morgan fingerprint density at radius 1 is 1.53 bits per heavy atom. The first-order valence-electron chi connectivity index (χ1n) is 5.85. The lowest BCUT2D eigenvalue weighted by molar-refractivity contribution is -0.140. The summed E-state index contributed by atoms with van der Waals surface area (Å²) in [4.78, 5) is 13.2. The summed E-state index contributed by atoms with van der Waals surface area (Å²) in [5.74, 6) is -0.182. The number of nitrogens with zero attached hydrogens (tertiary/aromatic N) is 1. The maximum Gasteiger partial charge on any atom is 0.307 e. The molecule has 1 aliphatic rings. The molecule has 0 aromatic heterocycles. The van der Waals surface area contributed by atoms with Gasteiger partial charge in [0.1, 0.15) is 0 Å². The van der Waals surface area contributed by atoms with Crippen LogP contribution in [0.5, 0.6) is 0 Å². The average molecular weight is 234 g/mol. The summed E-state index contributed by atoms with van der Waals surface area (Å²) >= 11 is 0. The quantitative estimate of drug-likeness (QED) is 0.804. The van der Waals surface area contributed by atoms with Gasteiger partial charge in [0.25, 0.3) is 0 Å². The molecule has 0 bridgehead atoms. The summed E-state index contributed by atoms with van der Waals surface area (Å²) in [6.45, 7) is 1.70. The molecule has 1 aromatic carbocycles. The number of methoxy groups -OCH3 is 1. The van der Waals surface area contributed by atoms with Gasteiger partial charge in [-0.3, -0.25) is 4.79 Å². The second kappa shape index (κ2) is 5.08. The van der Waals surface area contributed by atoms with Gasteiger partial charge < -0.3 is 15.0 Å². The molecule has 0 fully saturated rings. The van der Waals surface area contributed by atoms with Crippen molar-refractivity contribution in [3.05, 3.63) is 23.8 Å². The van der Waals surface area contributed by atoms with E-state index in [4.69, 9.17) is 0 Å². The van der Waals surface area contributed by atoms with Gasteiger partial charge in [0, 0.05) is 31.5 Å². The average Bonchev–Trinajstić information content (AvgIpc) is 2.70. The van der Waals surface area contributed by atoms with Gasteiger partial charge in [0.2, 0.25) is 0 Å². The van der Waals surface area contributed by atoms with Crippen molar-refractivity contribution in [2.24, 2.45) is 0 Å². The van der Waals surface area contributed by atoms with Crippen LogP contribution in [0.4, 0.5) is 11.4 Å². The fraction of sp³-hybridized carbons (Fsp3) is 0.462. The summed E-state index contributed by atoms with van der Waals surface area (Å²) in [6, 6.07) is 6.34. The fourth-order valence-electron chi connectivity index (χ4n) is 2.09. The maximum absolute atomic E-state index is 11.0. The van der Waals surface area contributed by atoms with Crippen LogP contribution in [0.15, 0.2) is 18.2 Å². The molecule has 4 nitrogen and oxygen atoms in total. The molecule has 2 rings (SSSR count). The van der Waals surface area contributed by atoms with Gasteiger partial charge in [0.05, 0.1) is 13.5 Å². The summed E-state index contributed by atoms with van der Waals surface area (Å²) in [6.07, 6.45) is 1.49. The van der Waals surface area contributed by atoms with E-state index in [-0.39, 0.29) is 5.97 Å². The van der Waals surface area contributed by atoms with Gasteiger partial charge in [-0.05, 0) is 30.2 Å². The Kier molecular flexibility index (Phi) is 3.52. The lowest BCUT2D eigenvalue weighted by Crippen LogP contribution is -2.12. The molecule has 0 saturated carbocycles. The fourth-order valence-corrected chi connectivity index (χ4v) is 2.09. The van der Waals surface area contributed by atoms with E-state index in [0.29, 0.717) is 13.0 Å². The molecule has 0 saturated heterocycles. The number of esters is 1. The third-order valence-electron chi connectivity index (χ3n) is 3.09. The lowest BCUT2D eigenvalue weighted by Gasteiger charge is -2.12. The summed E-state index contributed by atoms with van der Waals surface area (Å²) in [5, 5.41) is 3.24. The van der Waals surface area contributed by atoms with Gasteiger partial charge >= 0.3 is 5.97 Å². The molecule has 0 spiro atoms. The van der Waals surface area contributed by atoms with E-state index >= 15 is 0 Å². The van der Waals surface area contributed by atoms with Crippen LogP contribution in [0.2, 0.25) is 0 Å². The van der Waals surface area contributed by atoms with Crippen molar-refractivity contribution >= 4 is 17.3 Å². The normalized spacial score (nSPS) is 13.4. The first kappa shape index (κ1) is 11.8. The molecule has 4 heteroatoms. The molecule has 0 amide bonds. The van der Waals surface area contributed by atoms with Gasteiger partial charge in [-0.15, -0.1) is 0 Å². The Hall–Kier alpha value is -1.71. The van der Waals surface area contributed by atoms with Crippen LogP contribution in [-0.4, -0.2) is 33.2 Å². The van der Waals surface area contributed by atoms with Crippen molar-refractivity contribution in [2.75, 3.05) is 37.5 Å². The number of rotatable bonds is 4. The van der Waals surface area contributed by atoms with E-state index in [2.05, 4.69) is 40.2 Å². The standard InChI is InChI=1S/C13H18N2O2/c1-15-8-6-10-9-11(3-4-12(10)15)14-7-5-13(16)17-2/h3-4,9,14H,5-8H2,1-2H3. The third-order valence-corrected chi connectivity index (χ3v) is 3.09. The molecule has 0 radical (unpaired) electrons. The number of ether oxygens (including phenoxy) is 1. The van der Waals surface area contributed by atoms with Gasteiger partial charge in [-0.2, -0.15) is 0 Å². The number of likely N-dealkylation sites (N-methyl/N-ethyl adjacent to an activating group) is 1. The van der Waals surface area contributed by atoms with Gasteiger partial charge in [0.15, 0.2) is 0 Å². The highest BCUT2D eigenvalue weighted by Crippen LogP contribution is 2.28. The van der Waals surface area contributed by atoms with E-state index in [0.717, 1.165) is 18.7 Å². The Labute approximate surface area is 102 Å². The number of fused-ring (bicyclic) bond motifs is 1. The molecule has 0 atom stereocenters. The van der Waals surface area contributed by atoms with Crippen molar-refractivity contribution in [1.29, 1.82) is 0 Å². The van der Waals surface area contributed by atoms with Gasteiger partial charge in [-0.1, -0.05) is 0 Å². The molecule has 92 valence electrons. The van der Waals surface area contributed by atoms with Crippen LogP contribution in [-0.2, 0) is 16.0 Å². The molecule has 1 heterocycles. The number of hydrogen-bond acceptors (Lipinski definition) is 4. The minimum Gasteiger partial charge on any atom is -0.469 e. The minimum absolute atomic E-state index is 0.182. The number of hydrogen-bond donors (Lipinski definition) is 1. The Bertz CT molecular complexity index is 418. The number of benzene rings is 1. The van der Waals surface area contributed by atoms with Crippen molar-refractivity contribution in [3.63, 3.8) is 0 Å². The first-order chi connectivity index (χ1) is 8.20. The second-order valence-electron chi connectivity index (χ2n) is 4.27. The summed E-state index contributed by atoms with van der Waals surface area (Å²) in [5.41, 5.74) is 3.75. The summed E-state index contributed by atoms with van der Waals surface area (Å²) < 4.78 is 4.59. The van der Waals surface area contributed by atoms with Crippen LogP contribution in [0, 0.1) is 0 Å². The zero-order valence-electron chi connectivity index (χ0n) is 10.3. The SMILES string of the molecule is COC(=O)CCNc1ccc2c(c1)CCN2C. The zero-order valence-corrected chi connectivity index (χ0v) is 10.3. The maximum atomic E-state index is 11.0. The molecule has 17 heavy (non-hydrogen) atoms. The Morgan fingerprint density at radius 3 is 3.12 bits per heavy atom. The highest BCUT2D eigenvalue weighted by Gasteiger charge is 2.15. The zero-order chi connectivity index (χ0) is 12.3. The first-order valence-corrected chi connectivity index (χ1v) is 5.85. The molecule has 0 unspecified atom stereocenters. The van der Waals surface area contributed by atoms with Crippen molar-refractivity contribution in [3.8, 4) is 0 Å². The summed E-state index contributed by atoms with van der Waals surface area (Å²) in [7, 11) is 3.52. The van der Waals surface area contributed by atoms with E-state index in [1.54, 1.807) is 0 Å². The molecule has 1 N–H and O–H groups in total. The third kappa shape index (κ3) is 2.70. The van der Waals surface area contributed by atoms with Crippen molar-refractivity contribution < 1.29 is 9.53 Å². The predicted octanol–water partition coefficient (Wildman–Crippen LogP) is 1.65. The number of carbonyl (C=O) groups is 1. The second-order valence-corrected chi connectivity index (χ2v) is 4.27. The van der Waals surface area contributed by atoms with E-state index in [1.807, 2.05) is 0 Å². The van der Waals surface area contributed by atoms with Crippen LogP contribution in [0.3, 0.4) is 0 Å². The largest absolute Gasteiger partial charge is 0.469 e. The van der Waals surface area contributed by atoms with E-state index in [9.17, 15) is 4.79 Å². The monoisotopic (exact) mass is 234 g/mol. The molecule has 1 aromatic rings. The Morgan fingerprint density at radius 2 is 2.35 bits per heavy atom. The Balaban J connectivity index is 1.92. The van der Waals surface area contributed by atoms with Crippen LogP contribution in [0.25, 0.3) is 0 Å². The molecule has 1 aliphatic heterocycles. The van der Waals surface area contributed by atoms with Crippen LogP contribution >= 0.6 is 0 Å². The van der Waals surface area contributed by atoms with E-state index < -0.39 is 0 Å². The highest BCUT2D eigenvalue weighted by molar-refractivity contribution is 5.70. The predicted molar refractivity (Wildman–Crippen MR) is 68.5 cm³/mol. The minimum atomic E-state index is -0.182. The van der Waals surface area contributed by atoms with Crippen LogP contribution < -0.4 is 10.2 Å². The topological polar surface area (TPSA) is 41.6 Å². The number of nitrogens with one attached hydrogen (secondary N) is 1. The van der Waals surface area contributed by atoms with Crippen molar-refractivity contribution in [1.82, 2.24) is 0 Å². The highest BCUT2D eigenvalue weighted by atomic mass is 16.5.